The lowest BCUT2D eigenvalue weighted by atomic mass is 10.1. The molecule has 0 radical (unpaired) electrons. The molecule has 0 heterocycles. The number of carboxylic acid groups (broad SMARTS) is 1. The fraction of sp³-hybridized carbons (Fsp3) is 0.148. The highest BCUT2D eigenvalue weighted by molar-refractivity contribution is 7.89. The van der Waals surface area contributed by atoms with Gasteiger partial charge in [-0.15, -0.1) is 0 Å². The summed E-state index contributed by atoms with van der Waals surface area (Å²) in [6, 6.07) is 22.2. The molecule has 192 valence electrons. The molecule has 1 atom stereocenters. The van der Waals surface area contributed by atoms with Gasteiger partial charge in [-0.1, -0.05) is 60.7 Å². The second kappa shape index (κ2) is 10.2. The summed E-state index contributed by atoms with van der Waals surface area (Å²) in [7, 11) is -2.37. The number of halogens is 3. The van der Waals surface area contributed by atoms with Crippen LogP contribution in [-0.2, 0) is 27.5 Å². The molecule has 6 nitrogen and oxygen atoms in total. The zero-order valence-corrected chi connectivity index (χ0v) is 20.3. The number of benzene rings is 4. The number of carbonyl (C=O) groups is 1. The Bertz CT molecular complexity index is 1530. The van der Waals surface area contributed by atoms with Crippen LogP contribution in [0.3, 0.4) is 0 Å². The summed E-state index contributed by atoms with van der Waals surface area (Å²) in [5, 5.41) is 11.0. The van der Waals surface area contributed by atoms with E-state index in [-0.39, 0.29) is 22.8 Å². The third kappa shape index (κ3) is 5.76. The number of carboxylic acids is 1. The van der Waals surface area contributed by atoms with E-state index in [1.807, 2.05) is 18.2 Å². The maximum atomic E-state index is 13.2. The van der Waals surface area contributed by atoms with Crippen molar-refractivity contribution in [3.63, 3.8) is 0 Å². The van der Waals surface area contributed by atoms with Crippen LogP contribution in [0, 0.1) is 0 Å². The van der Waals surface area contributed by atoms with E-state index in [1.54, 1.807) is 36.4 Å². The summed E-state index contributed by atoms with van der Waals surface area (Å²) in [6.45, 7) is 0.0296. The number of fused-ring (bicyclic) bond motifs is 1. The van der Waals surface area contributed by atoms with Gasteiger partial charge < -0.3 is 9.84 Å². The minimum absolute atomic E-state index is 0.0296. The number of nitrogens with zero attached hydrogens (tertiary/aromatic N) is 1. The maximum Gasteiger partial charge on any atom is 0.416 e. The van der Waals surface area contributed by atoms with E-state index >= 15 is 0 Å². The van der Waals surface area contributed by atoms with Crippen molar-refractivity contribution in [3.8, 4) is 5.75 Å². The van der Waals surface area contributed by atoms with E-state index in [4.69, 9.17) is 4.74 Å². The fourth-order valence-electron chi connectivity index (χ4n) is 3.88. The lowest BCUT2D eigenvalue weighted by molar-refractivity contribution is -0.146. The van der Waals surface area contributed by atoms with Crippen molar-refractivity contribution >= 4 is 26.8 Å². The Labute approximate surface area is 211 Å². The van der Waals surface area contributed by atoms with Crippen LogP contribution < -0.4 is 4.74 Å². The number of aliphatic carboxylic acids is 1. The Morgan fingerprint density at radius 3 is 2.27 bits per heavy atom. The first kappa shape index (κ1) is 26.2. The van der Waals surface area contributed by atoms with Gasteiger partial charge in [0.05, 0.1) is 10.5 Å². The van der Waals surface area contributed by atoms with Crippen LogP contribution in [0.4, 0.5) is 13.2 Å². The Morgan fingerprint density at radius 1 is 0.946 bits per heavy atom. The second-order valence-electron chi connectivity index (χ2n) is 8.34. The first-order valence-corrected chi connectivity index (χ1v) is 12.5. The zero-order chi connectivity index (χ0) is 26.8. The molecule has 0 spiro atoms. The molecule has 4 aromatic rings. The van der Waals surface area contributed by atoms with E-state index in [0.29, 0.717) is 10.9 Å². The van der Waals surface area contributed by atoms with Crippen molar-refractivity contribution in [2.75, 3.05) is 7.05 Å². The largest absolute Gasteiger partial charge is 0.478 e. The van der Waals surface area contributed by atoms with E-state index < -0.39 is 33.8 Å². The molecule has 10 heteroatoms. The van der Waals surface area contributed by atoms with E-state index in [2.05, 4.69) is 0 Å². The minimum Gasteiger partial charge on any atom is -0.478 e. The number of alkyl halides is 3. The molecule has 37 heavy (non-hydrogen) atoms. The first-order valence-electron chi connectivity index (χ1n) is 11.1. The summed E-state index contributed by atoms with van der Waals surface area (Å²) < 4.78 is 72.3. The highest BCUT2D eigenvalue weighted by Gasteiger charge is 2.32. The van der Waals surface area contributed by atoms with Crippen molar-refractivity contribution in [2.24, 2.45) is 0 Å². The van der Waals surface area contributed by atoms with Crippen molar-refractivity contribution < 1.29 is 36.2 Å². The SMILES string of the molecule is CN(Cc1ccc(OC(C(=O)O)c2cccc(C(F)(F)F)c2)cc1)S(=O)(=O)c1cccc2ccccc12. The van der Waals surface area contributed by atoms with Gasteiger partial charge in [0.15, 0.2) is 0 Å². The monoisotopic (exact) mass is 529 g/mol. The molecule has 0 aromatic heterocycles. The zero-order valence-electron chi connectivity index (χ0n) is 19.5. The van der Waals surface area contributed by atoms with Crippen molar-refractivity contribution in [2.45, 2.75) is 23.7 Å². The molecular formula is C27H22F3NO5S. The Morgan fingerprint density at radius 2 is 1.59 bits per heavy atom. The van der Waals surface area contributed by atoms with E-state index in [1.165, 1.54) is 29.6 Å². The van der Waals surface area contributed by atoms with Gasteiger partial charge in [0.2, 0.25) is 16.1 Å². The van der Waals surface area contributed by atoms with Gasteiger partial charge in [-0.2, -0.15) is 17.5 Å². The Kier molecular flexibility index (Phi) is 7.24. The first-order chi connectivity index (χ1) is 17.5. The maximum absolute atomic E-state index is 13.2. The third-order valence-electron chi connectivity index (χ3n) is 5.76. The highest BCUT2D eigenvalue weighted by Crippen LogP contribution is 2.32. The molecule has 1 unspecified atom stereocenters. The van der Waals surface area contributed by atoms with Gasteiger partial charge in [0, 0.05) is 24.5 Å². The number of ether oxygens (including phenoxy) is 1. The number of sulfonamides is 1. The predicted molar refractivity (Wildman–Crippen MR) is 131 cm³/mol. The molecule has 4 rings (SSSR count). The summed E-state index contributed by atoms with van der Waals surface area (Å²) in [4.78, 5) is 11.9. The molecule has 1 N–H and O–H groups in total. The van der Waals surface area contributed by atoms with Gasteiger partial charge in [0.1, 0.15) is 5.75 Å². The molecule has 0 saturated carbocycles. The van der Waals surface area contributed by atoms with Gasteiger partial charge in [-0.3, -0.25) is 0 Å². The fourth-order valence-corrected chi connectivity index (χ4v) is 5.25. The average molecular weight is 530 g/mol. The summed E-state index contributed by atoms with van der Waals surface area (Å²) in [5.74, 6) is -1.35. The van der Waals surface area contributed by atoms with Crippen LogP contribution >= 0.6 is 0 Å². The Hall–Kier alpha value is -3.89. The van der Waals surface area contributed by atoms with Crippen molar-refractivity contribution in [1.82, 2.24) is 4.31 Å². The van der Waals surface area contributed by atoms with E-state index in [0.717, 1.165) is 23.6 Å². The lowest BCUT2D eigenvalue weighted by Gasteiger charge is -2.19. The van der Waals surface area contributed by atoms with Crippen LogP contribution in [0.25, 0.3) is 10.8 Å². The van der Waals surface area contributed by atoms with Gasteiger partial charge >= 0.3 is 12.1 Å². The highest BCUT2D eigenvalue weighted by atomic mass is 32.2. The summed E-state index contributed by atoms with van der Waals surface area (Å²) in [6.07, 6.45) is -6.29. The molecule has 0 aliphatic rings. The van der Waals surface area contributed by atoms with Gasteiger partial charge in [-0.05, 0) is 41.3 Å². The molecular weight excluding hydrogens is 507 g/mol. The van der Waals surface area contributed by atoms with Gasteiger partial charge in [0.25, 0.3) is 0 Å². The normalized spacial score (nSPS) is 13.0. The predicted octanol–water partition coefficient (Wildman–Crippen LogP) is 5.88. The summed E-state index contributed by atoms with van der Waals surface area (Å²) >= 11 is 0. The van der Waals surface area contributed by atoms with Gasteiger partial charge in [-0.25, -0.2) is 13.2 Å². The molecule has 0 aliphatic heterocycles. The standard InChI is InChI=1S/C27H22F3NO5S/c1-31(37(34,35)24-11-5-7-19-6-2-3-10-23(19)24)17-18-12-14-22(15-13-18)36-25(26(32)33)20-8-4-9-21(16-20)27(28,29)30/h2-16,25H,17H2,1H3,(H,32,33). The van der Waals surface area contributed by atoms with Crippen LogP contribution in [-0.4, -0.2) is 30.8 Å². The van der Waals surface area contributed by atoms with Crippen LogP contribution in [0.5, 0.6) is 5.75 Å². The minimum atomic E-state index is -4.63. The van der Waals surface area contributed by atoms with Crippen LogP contribution in [0.15, 0.2) is 95.9 Å². The molecule has 0 bridgehead atoms. The van der Waals surface area contributed by atoms with E-state index in [9.17, 15) is 31.5 Å². The average Bonchev–Trinajstić information content (AvgIpc) is 2.87. The number of hydrogen-bond acceptors (Lipinski definition) is 4. The van der Waals surface area contributed by atoms with Crippen molar-refractivity contribution in [3.05, 3.63) is 108 Å². The smallest absolute Gasteiger partial charge is 0.416 e. The molecule has 0 saturated heterocycles. The van der Waals surface area contributed by atoms with Crippen molar-refractivity contribution in [1.29, 1.82) is 0 Å². The quantitative estimate of drug-likeness (QED) is 0.308. The molecule has 0 amide bonds. The summed E-state index contributed by atoms with van der Waals surface area (Å²) in [5.41, 5.74) is -0.539. The number of hydrogen-bond donors (Lipinski definition) is 1. The molecule has 0 aliphatic carbocycles. The topological polar surface area (TPSA) is 83.9 Å². The molecule has 4 aromatic carbocycles. The number of rotatable bonds is 8. The lowest BCUT2D eigenvalue weighted by Crippen LogP contribution is -2.26. The third-order valence-corrected chi connectivity index (χ3v) is 7.62. The molecule has 0 fully saturated rings. The Balaban J connectivity index is 1.51. The van der Waals surface area contributed by atoms with Crippen LogP contribution in [0.2, 0.25) is 0 Å². The van der Waals surface area contributed by atoms with Crippen LogP contribution in [0.1, 0.15) is 22.8 Å². The second-order valence-corrected chi connectivity index (χ2v) is 10.4.